The summed E-state index contributed by atoms with van der Waals surface area (Å²) in [5.74, 6) is -1.08. The number of hydrogen-bond donors (Lipinski definition) is 0. The maximum atomic E-state index is 13.5. The third kappa shape index (κ3) is 3.13. The summed E-state index contributed by atoms with van der Waals surface area (Å²) < 4.78 is 57.8. The van der Waals surface area contributed by atoms with Gasteiger partial charge in [-0.05, 0) is 31.2 Å². The van der Waals surface area contributed by atoms with Crippen molar-refractivity contribution < 1.29 is 22.3 Å². The molecule has 2 aromatic heterocycles. The molecule has 0 amide bonds. The van der Waals surface area contributed by atoms with Crippen molar-refractivity contribution in [2.45, 2.75) is 20.0 Å². The van der Waals surface area contributed by atoms with Gasteiger partial charge in [-0.1, -0.05) is 0 Å². The highest BCUT2D eigenvalue weighted by molar-refractivity contribution is 5.46. The van der Waals surface area contributed by atoms with E-state index < -0.39 is 18.2 Å². The van der Waals surface area contributed by atoms with Gasteiger partial charge in [-0.15, -0.1) is 0 Å². The van der Waals surface area contributed by atoms with Crippen molar-refractivity contribution in [3.05, 3.63) is 65.1 Å². The largest absolute Gasteiger partial charge is 0.435 e. The highest BCUT2D eigenvalue weighted by Gasteiger charge is 2.15. The molecule has 0 spiro atoms. The van der Waals surface area contributed by atoms with Crippen LogP contribution in [0.5, 0.6) is 5.75 Å². The Morgan fingerprint density at radius 3 is 2.61 bits per heavy atom. The zero-order valence-electron chi connectivity index (χ0n) is 12.1. The van der Waals surface area contributed by atoms with E-state index in [-0.39, 0.29) is 17.7 Å². The third-order valence-electron chi connectivity index (χ3n) is 3.48. The zero-order valence-corrected chi connectivity index (χ0v) is 12.1. The van der Waals surface area contributed by atoms with E-state index >= 15 is 0 Å². The van der Waals surface area contributed by atoms with Crippen molar-refractivity contribution in [1.29, 1.82) is 0 Å². The molecule has 23 heavy (non-hydrogen) atoms. The summed E-state index contributed by atoms with van der Waals surface area (Å²) in [4.78, 5) is 4.22. The molecule has 3 rings (SSSR count). The molecule has 0 fully saturated rings. The summed E-state index contributed by atoms with van der Waals surface area (Å²) in [7, 11) is 0. The topological polar surface area (TPSA) is 26.5 Å². The van der Waals surface area contributed by atoms with Crippen LogP contribution < -0.4 is 4.74 Å². The summed E-state index contributed by atoms with van der Waals surface area (Å²) in [5, 5.41) is 0. The number of pyridine rings is 1. The first-order valence-corrected chi connectivity index (χ1v) is 6.80. The number of nitrogens with zero attached hydrogens (tertiary/aromatic N) is 2. The fraction of sp³-hybridized carbons (Fsp3) is 0.188. The lowest BCUT2D eigenvalue weighted by Gasteiger charge is -2.11. The molecule has 0 saturated heterocycles. The minimum absolute atomic E-state index is 0.0992. The lowest BCUT2D eigenvalue weighted by atomic mass is 10.1. The first-order valence-electron chi connectivity index (χ1n) is 6.80. The number of aryl methyl sites for hydroxylation is 1. The van der Waals surface area contributed by atoms with Crippen LogP contribution in [0.1, 0.15) is 17.0 Å². The predicted octanol–water partition coefficient (Wildman–Crippen LogP) is 4.11. The molecular weight excluding hydrogens is 312 g/mol. The summed E-state index contributed by atoms with van der Waals surface area (Å²) in [6.45, 7) is -1.29. The highest BCUT2D eigenvalue weighted by Crippen LogP contribution is 2.26. The summed E-state index contributed by atoms with van der Waals surface area (Å²) in [6, 6.07) is 5.88. The fourth-order valence-electron chi connectivity index (χ4n) is 2.48. The molecule has 0 aliphatic carbocycles. The summed E-state index contributed by atoms with van der Waals surface area (Å²) in [5.41, 5.74) is 1.90. The van der Waals surface area contributed by atoms with Gasteiger partial charge in [0.15, 0.2) is 0 Å². The van der Waals surface area contributed by atoms with Crippen LogP contribution in [-0.4, -0.2) is 16.0 Å². The normalized spacial score (nSPS) is 11.4. The van der Waals surface area contributed by atoms with Crippen molar-refractivity contribution in [3.63, 3.8) is 0 Å². The van der Waals surface area contributed by atoms with E-state index in [2.05, 4.69) is 9.72 Å². The van der Waals surface area contributed by atoms with Gasteiger partial charge in [0.05, 0.1) is 5.69 Å². The number of ether oxygens (including phenoxy) is 1. The van der Waals surface area contributed by atoms with E-state index in [1.807, 2.05) is 0 Å². The first-order chi connectivity index (χ1) is 10.9. The average Bonchev–Trinajstić information content (AvgIpc) is 2.76. The van der Waals surface area contributed by atoms with Gasteiger partial charge in [-0.2, -0.15) is 8.78 Å². The monoisotopic (exact) mass is 324 g/mol. The molecule has 0 radical (unpaired) electrons. The number of imidazole rings is 1. The maximum absolute atomic E-state index is 13.5. The molecule has 120 valence electrons. The number of rotatable bonds is 4. The number of fused-ring (bicyclic) bond motifs is 1. The Balaban J connectivity index is 2.05. The minimum atomic E-state index is -3.00. The van der Waals surface area contributed by atoms with Gasteiger partial charge in [0, 0.05) is 29.9 Å². The molecule has 3 aromatic rings. The Bertz CT molecular complexity index is 861. The van der Waals surface area contributed by atoms with Crippen LogP contribution in [0.2, 0.25) is 0 Å². The van der Waals surface area contributed by atoms with E-state index in [1.54, 1.807) is 11.3 Å². The Morgan fingerprint density at radius 2 is 1.87 bits per heavy atom. The van der Waals surface area contributed by atoms with Crippen molar-refractivity contribution >= 4 is 5.65 Å². The Hall–Kier alpha value is -2.57. The number of benzene rings is 1. The SMILES string of the molecule is Cc1nc2cc(F)ccn2c1Cc1cc(F)ccc1OC(F)F. The van der Waals surface area contributed by atoms with Crippen LogP contribution >= 0.6 is 0 Å². The van der Waals surface area contributed by atoms with Gasteiger partial charge in [0.2, 0.25) is 0 Å². The predicted molar refractivity (Wildman–Crippen MR) is 75.7 cm³/mol. The lowest BCUT2D eigenvalue weighted by Crippen LogP contribution is -2.06. The van der Waals surface area contributed by atoms with E-state index in [0.29, 0.717) is 17.0 Å². The van der Waals surface area contributed by atoms with Gasteiger partial charge in [0.25, 0.3) is 0 Å². The molecule has 1 aromatic carbocycles. The van der Waals surface area contributed by atoms with E-state index in [4.69, 9.17) is 0 Å². The van der Waals surface area contributed by atoms with Crippen molar-refractivity contribution in [3.8, 4) is 5.75 Å². The molecule has 2 heterocycles. The molecule has 0 aliphatic rings. The minimum Gasteiger partial charge on any atom is -0.435 e. The average molecular weight is 324 g/mol. The maximum Gasteiger partial charge on any atom is 0.387 e. The van der Waals surface area contributed by atoms with Crippen LogP contribution in [0, 0.1) is 18.6 Å². The van der Waals surface area contributed by atoms with Crippen molar-refractivity contribution in [1.82, 2.24) is 9.38 Å². The number of aromatic nitrogens is 2. The second-order valence-electron chi connectivity index (χ2n) is 5.02. The second-order valence-corrected chi connectivity index (χ2v) is 5.02. The van der Waals surface area contributed by atoms with Crippen LogP contribution in [0.15, 0.2) is 36.5 Å². The molecule has 3 nitrogen and oxygen atoms in total. The molecule has 7 heteroatoms. The van der Waals surface area contributed by atoms with Gasteiger partial charge in [-0.3, -0.25) is 0 Å². The number of hydrogen-bond acceptors (Lipinski definition) is 2. The standard InChI is InChI=1S/C16H12F4N2O/c1-9-13(22-5-4-12(18)8-15(22)21-9)7-10-6-11(17)2-3-14(10)23-16(19)20/h2-6,8,16H,7H2,1H3. The molecule has 0 atom stereocenters. The number of alkyl halides is 2. The van der Waals surface area contributed by atoms with Crippen molar-refractivity contribution in [2.24, 2.45) is 0 Å². The molecule has 0 aliphatic heterocycles. The van der Waals surface area contributed by atoms with E-state index in [0.717, 1.165) is 18.2 Å². The third-order valence-corrected chi connectivity index (χ3v) is 3.48. The molecule has 0 N–H and O–H groups in total. The van der Waals surface area contributed by atoms with Crippen LogP contribution in [-0.2, 0) is 6.42 Å². The zero-order chi connectivity index (χ0) is 16.6. The summed E-state index contributed by atoms with van der Waals surface area (Å²) >= 11 is 0. The van der Waals surface area contributed by atoms with Gasteiger partial charge >= 0.3 is 6.61 Å². The van der Waals surface area contributed by atoms with Gasteiger partial charge < -0.3 is 9.14 Å². The van der Waals surface area contributed by atoms with E-state index in [1.165, 1.54) is 18.3 Å². The molecule has 0 bridgehead atoms. The Kier molecular flexibility index (Phi) is 3.94. The van der Waals surface area contributed by atoms with Crippen molar-refractivity contribution in [2.75, 3.05) is 0 Å². The molecule has 0 saturated carbocycles. The lowest BCUT2D eigenvalue weighted by molar-refractivity contribution is -0.0504. The van der Waals surface area contributed by atoms with Gasteiger partial charge in [0.1, 0.15) is 23.0 Å². The fourth-order valence-corrected chi connectivity index (χ4v) is 2.48. The highest BCUT2D eigenvalue weighted by atomic mass is 19.3. The second kappa shape index (κ2) is 5.91. The van der Waals surface area contributed by atoms with Gasteiger partial charge in [-0.25, -0.2) is 13.8 Å². The Labute approximate surface area is 129 Å². The molecule has 0 unspecified atom stereocenters. The Morgan fingerprint density at radius 1 is 1.13 bits per heavy atom. The number of halogens is 4. The molecular formula is C16H12F4N2O. The first kappa shape index (κ1) is 15.3. The van der Waals surface area contributed by atoms with Crippen LogP contribution in [0.4, 0.5) is 17.6 Å². The van der Waals surface area contributed by atoms with Crippen LogP contribution in [0.25, 0.3) is 5.65 Å². The smallest absolute Gasteiger partial charge is 0.387 e. The summed E-state index contributed by atoms with van der Waals surface area (Å²) in [6.07, 6.45) is 1.62. The van der Waals surface area contributed by atoms with E-state index in [9.17, 15) is 17.6 Å². The van der Waals surface area contributed by atoms with Crippen LogP contribution in [0.3, 0.4) is 0 Å². The quantitative estimate of drug-likeness (QED) is 0.675.